The monoisotopic (exact) mass is 710 g/mol. The zero-order valence-electron chi connectivity index (χ0n) is 25.7. The molecule has 46 heavy (non-hydrogen) atoms. The molecule has 1 aliphatic heterocycles. The first-order chi connectivity index (χ1) is 21.7. The Labute approximate surface area is 283 Å². The number of fused-ring (bicyclic) bond motifs is 1. The molecule has 1 unspecified atom stereocenters. The van der Waals surface area contributed by atoms with Gasteiger partial charge in [0.2, 0.25) is 10.0 Å². The molecular weight excluding hydrogens is 677 g/mol. The summed E-state index contributed by atoms with van der Waals surface area (Å²) >= 11 is 17.7. The van der Waals surface area contributed by atoms with Gasteiger partial charge in [-0.1, -0.05) is 62.2 Å². The Morgan fingerprint density at radius 2 is 1.74 bits per heavy atom. The number of amides is 1. The van der Waals surface area contributed by atoms with Crippen molar-refractivity contribution in [2.75, 3.05) is 16.2 Å². The van der Waals surface area contributed by atoms with E-state index in [1.54, 1.807) is 18.2 Å². The predicted octanol–water partition coefficient (Wildman–Crippen LogP) is 9.01. The van der Waals surface area contributed by atoms with Gasteiger partial charge in [-0.2, -0.15) is 0 Å². The van der Waals surface area contributed by atoms with E-state index in [9.17, 15) is 22.4 Å². The summed E-state index contributed by atoms with van der Waals surface area (Å²) in [5.41, 5.74) is 1.55. The summed E-state index contributed by atoms with van der Waals surface area (Å²) in [5, 5.41) is 0.686. The minimum atomic E-state index is -3.82. The first kappa shape index (κ1) is 35.9. The van der Waals surface area contributed by atoms with E-state index in [0.29, 0.717) is 36.9 Å². The number of hydrogen-bond donors (Lipinski definition) is 1. The molecule has 0 bridgehead atoms. The van der Waals surface area contributed by atoms with Crippen LogP contribution in [0.5, 0.6) is 0 Å². The molecule has 12 heteroatoms. The van der Waals surface area contributed by atoms with Crippen molar-refractivity contribution >= 4 is 67.4 Å². The van der Waals surface area contributed by atoms with Crippen molar-refractivity contribution in [1.82, 2.24) is 0 Å². The standard InChI is InChI=1S/C34H35Cl3F2N2O4S/c1-5-29(20(4)19(2)3)46(44,45)41-15-7-10-22-11-13-24(18-28(22)41)40-34(43)31-25(35)14-12-23(32(31)39)9-6-8-21-16-26(36)30(33(37)42)27(38)17-21/h5,11-14,16-20,29H,1,6-10,15H2,2-4H3,(H,40,43)/t20-,29?/m0/s1. The molecule has 1 N–H and O–H groups in total. The largest absolute Gasteiger partial charge is 0.322 e. The van der Waals surface area contributed by atoms with Crippen molar-refractivity contribution in [2.24, 2.45) is 11.8 Å². The lowest BCUT2D eigenvalue weighted by Crippen LogP contribution is -2.44. The molecule has 3 aromatic carbocycles. The number of carbonyl (C=O) groups excluding carboxylic acids is 2. The third-order valence-electron chi connectivity index (χ3n) is 8.48. The summed E-state index contributed by atoms with van der Waals surface area (Å²) < 4.78 is 59.0. The van der Waals surface area contributed by atoms with Gasteiger partial charge >= 0.3 is 0 Å². The lowest BCUT2D eigenvalue weighted by Gasteiger charge is -2.35. The molecule has 0 spiro atoms. The van der Waals surface area contributed by atoms with Crippen LogP contribution in [0, 0.1) is 23.5 Å². The topological polar surface area (TPSA) is 83.6 Å². The molecule has 0 radical (unpaired) electrons. The summed E-state index contributed by atoms with van der Waals surface area (Å²) in [6, 6.07) is 10.5. The number of carbonyl (C=O) groups is 2. The fourth-order valence-electron chi connectivity index (χ4n) is 5.65. The Kier molecular flexibility index (Phi) is 11.6. The van der Waals surface area contributed by atoms with Crippen LogP contribution in [0.4, 0.5) is 20.2 Å². The number of rotatable bonds is 12. The van der Waals surface area contributed by atoms with Crippen LogP contribution in [0.15, 0.2) is 55.1 Å². The molecule has 4 rings (SSSR count). The zero-order valence-corrected chi connectivity index (χ0v) is 28.8. The van der Waals surface area contributed by atoms with E-state index in [1.807, 2.05) is 20.8 Å². The van der Waals surface area contributed by atoms with Crippen LogP contribution < -0.4 is 9.62 Å². The third kappa shape index (κ3) is 7.59. The summed E-state index contributed by atoms with van der Waals surface area (Å²) in [5.74, 6) is -2.49. The molecule has 0 saturated carbocycles. The van der Waals surface area contributed by atoms with E-state index in [4.69, 9.17) is 34.8 Å². The second kappa shape index (κ2) is 14.8. The molecule has 6 nitrogen and oxygen atoms in total. The number of halogens is 5. The van der Waals surface area contributed by atoms with E-state index in [1.165, 1.54) is 28.6 Å². The van der Waals surface area contributed by atoms with E-state index < -0.39 is 43.6 Å². The maximum atomic E-state index is 15.7. The van der Waals surface area contributed by atoms with Gasteiger partial charge in [0.25, 0.3) is 11.1 Å². The number of nitrogens with zero attached hydrogens (tertiary/aromatic N) is 1. The minimum absolute atomic E-state index is 0.0902. The molecule has 3 aromatic rings. The molecule has 0 saturated heterocycles. The van der Waals surface area contributed by atoms with Crippen LogP contribution in [-0.4, -0.2) is 31.4 Å². The quantitative estimate of drug-likeness (QED) is 0.150. The van der Waals surface area contributed by atoms with Gasteiger partial charge in [0, 0.05) is 12.2 Å². The fraction of sp³-hybridized carbons (Fsp3) is 0.353. The number of nitrogens with one attached hydrogen (secondary N) is 1. The van der Waals surface area contributed by atoms with Crippen molar-refractivity contribution in [1.29, 1.82) is 0 Å². The number of aryl methyl sites for hydroxylation is 3. The van der Waals surface area contributed by atoms with E-state index in [-0.39, 0.29) is 51.7 Å². The molecule has 1 amide bonds. The first-order valence-electron chi connectivity index (χ1n) is 14.9. The van der Waals surface area contributed by atoms with Gasteiger partial charge in [-0.3, -0.25) is 13.9 Å². The second-order valence-corrected chi connectivity index (χ2v) is 15.0. The van der Waals surface area contributed by atoms with Crippen LogP contribution in [0.25, 0.3) is 0 Å². The van der Waals surface area contributed by atoms with Crippen LogP contribution in [0.3, 0.4) is 0 Å². The maximum absolute atomic E-state index is 15.7. The highest BCUT2D eigenvalue weighted by atomic mass is 35.5. The average molecular weight is 712 g/mol. The number of sulfonamides is 1. The summed E-state index contributed by atoms with van der Waals surface area (Å²) in [6.45, 7) is 9.91. The molecule has 0 aromatic heterocycles. The summed E-state index contributed by atoms with van der Waals surface area (Å²) in [6.07, 6.45) is 3.68. The Hall–Kier alpha value is -2.98. The molecule has 2 atom stereocenters. The van der Waals surface area contributed by atoms with Crippen LogP contribution in [0.1, 0.15) is 71.0 Å². The SMILES string of the molecule is C=CC([C@@H](C)C(C)C)S(=O)(=O)N1CCCc2ccc(NC(=O)c3c(Cl)ccc(CCCc4cc(F)c(C(=O)Cl)c(Cl)c4)c3F)cc21. The van der Waals surface area contributed by atoms with Crippen molar-refractivity contribution < 1.29 is 26.8 Å². The highest BCUT2D eigenvalue weighted by Crippen LogP contribution is 2.36. The Morgan fingerprint density at radius 3 is 2.37 bits per heavy atom. The number of hydrogen-bond acceptors (Lipinski definition) is 4. The van der Waals surface area contributed by atoms with Crippen LogP contribution in [-0.2, 0) is 29.3 Å². The van der Waals surface area contributed by atoms with Gasteiger partial charge in [0.05, 0.1) is 26.9 Å². The number of anilines is 2. The van der Waals surface area contributed by atoms with Gasteiger partial charge in [-0.25, -0.2) is 17.2 Å². The minimum Gasteiger partial charge on any atom is -0.322 e. The second-order valence-electron chi connectivity index (χ2n) is 11.8. The predicted molar refractivity (Wildman–Crippen MR) is 182 cm³/mol. The van der Waals surface area contributed by atoms with Crippen molar-refractivity contribution in [2.45, 2.75) is 58.1 Å². The Morgan fingerprint density at radius 1 is 1.02 bits per heavy atom. The third-order valence-corrected chi connectivity index (χ3v) is 11.6. The lowest BCUT2D eigenvalue weighted by atomic mass is 9.94. The molecular formula is C34H35Cl3F2N2O4S. The first-order valence-corrected chi connectivity index (χ1v) is 17.5. The van der Waals surface area contributed by atoms with E-state index >= 15 is 4.39 Å². The maximum Gasteiger partial charge on any atom is 0.260 e. The van der Waals surface area contributed by atoms with E-state index in [0.717, 1.165) is 11.6 Å². The molecule has 1 aliphatic rings. The highest BCUT2D eigenvalue weighted by molar-refractivity contribution is 7.93. The molecule has 246 valence electrons. The Balaban J connectivity index is 1.54. The summed E-state index contributed by atoms with van der Waals surface area (Å²) in [7, 11) is -3.82. The van der Waals surface area contributed by atoms with Gasteiger partial charge < -0.3 is 5.32 Å². The highest BCUT2D eigenvalue weighted by Gasteiger charge is 2.37. The van der Waals surface area contributed by atoms with Gasteiger partial charge in [-0.05, 0) is 103 Å². The van der Waals surface area contributed by atoms with E-state index in [2.05, 4.69) is 11.9 Å². The van der Waals surface area contributed by atoms with Crippen molar-refractivity contribution in [3.05, 3.63) is 105 Å². The number of benzene rings is 3. The van der Waals surface area contributed by atoms with Gasteiger partial charge in [0.1, 0.15) is 16.9 Å². The van der Waals surface area contributed by atoms with Crippen LogP contribution in [0.2, 0.25) is 10.0 Å². The fourth-order valence-corrected chi connectivity index (χ4v) is 8.66. The lowest BCUT2D eigenvalue weighted by molar-refractivity contribution is 0.102. The Bertz CT molecular complexity index is 1760. The summed E-state index contributed by atoms with van der Waals surface area (Å²) in [4.78, 5) is 24.7. The molecule has 0 fully saturated rings. The van der Waals surface area contributed by atoms with Crippen molar-refractivity contribution in [3.63, 3.8) is 0 Å². The van der Waals surface area contributed by atoms with Crippen LogP contribution >= 0.6 is 34.8 Å². The normalized spacial score (nSPS) is 14.5. The average Bonchev–Trinajstić information content (AvgIpc) is 2.97. The smallest absolute Gasteiger partial charge is 0.260 e. The van der Waals surface area contributed by atoms with Crippen molar-refractivity contribution in [3.8, 4) is 0 Å². The van der Waals surface area contributed by atoms with Gasteiger partial charge in [0.15, 0.2) is 0 Å². The molecule has 0 aliphatic carbocycles. The molecule has 1 heterocycles. The zero-order chi connectivity index (χ0) is 33.9. The van der Waals surface area contributed by atoms with Gasteiger partial charge in [-0.15, -0.1) is 6.58 Å².